The van der Waals surface area contributed by atoms with E-state index in [-0.39, 0.29) is 10.7 Å². The lowest BCUT2D eigenvalue weighted by Crippen LogP contribution is -2.55. The van der Waals surface area contributed by atoms with E-state index in [9.17, 15) is 36.6 Å². The van der Waals surface area contributed by atoms with Gasteiger partial charge in [0.1, 0.15) is 23.0 Å². The molecule has 0 aliphatic heterocycles. The van der Waals surface area contributed by atoms with Gasteiger partial charge in [0.2, 0.25) is 0 Å². The van der Waals surface area contributed by atoms with Crippen LogP contribution in [0.2, 0.25) is 5.02 Å². The molecule has 1 atom stereocenters. The quantitative estimate of drug-likeness (QED) is 0.357. The Kier molecular flexibility index (Phi) is 7.03. The van der Waals surface area contributed by atoms with Gasteiger partial charge in [-0.15, -0.1) is 0 Å². The van der Waals surface area contributed by atoms with Crippen LogP contribution in [0.25, 0.3) is 5.69 Å². The number of alkyl halides is 3. The van der Waals surface area contributed by atoms with Gasteiger partial charge in [0.15, 0.2) is 5.60 Å². The van der Waals surface area contributed by atoms with E-state index in [1.165, 1.54) is 18.2 Å². The third-order valence-electron chi connectivity index (χ3n) is 5.03. The summed E-state index contributed by atoms with van der Waals surface area (Å²) in [6.07, 6.45) is -6.72. The molecule has 3 aromatic rings. The van der Waals surface area contributed by atoms with Crippen LogP contribution in [-0.4, -0.2) is 45.0 Å². The molecule has 0 saturated heterocycles. The molecule has 1 unspecified atom stereocenters. The van der Waals surface area contributed by atoms with Crippen molar-refractivity contribution in [3.8, 4) is 5.69 Å². The smallest absolute Gasteiger partial charge is 0.383 e. The molecule has 0 aliphatic rings. The molecule has 186 valence electrons. The number of nitrogens with one attached hydrogen (secondary N) is 1. The van der Waals surface area contributed by atoms with Crippen LogP contribution in [0.4, 0.5) is 27.8 Å². The van der Waals surface area contributed by atoms with E-state index in [0.29, 0.717) is 0 Å². The molecule has 1 heterocycles. The third kappa shape index (κ3) is 5.20. The zero-order valence-electron chi connectivity index (χ0n) is 17.5. The first-order valence-corrected chi connectivity index (χ1v) is 10.1. The van der Waals surface area contributed by atoms with Crippen LogP contribution < -0.4 is 16.8 Å². The minimum Gasteiger partial charge on any atom is -0.383 e. The van der Waals surface area contributed by atoms with Gasteiger partial charge in [-0.05, 0) is 36.4 Å². The summed E-state index contributed by atoms with van der Waals surface area (Å²) in [5.74, 6) is -4.72. The Morgan fingerprint density at radius 1 is 1.09 bits per heavy atom. The maximum absolute atomic E-state index is 13.9. The van der Waals surface area contributed by atoms with Crippen LogP contribution in [0.5, 0.6) is 0 Å². The van der Waals surface area contributed by atoms with Gasteiger partial charge in [-0.25, -0.2) is 13.5 Å². The number of nitrogens with two attached hydrogens (primary N) is 2. The van der Waals surface area contributed by atoms with Crippen LogP contribution in [0, 0.1) is 11.6 Å². The molecule has 0 spiro atoms. The fraction of sp³-hybridized carbons (Fsp3) is 0.190. The molecule has 6 N–H and O–H groups in total. The number of primary amides is 1. The van der Waals surface area contributed by atoms with Gasteiger partial charge < -0.3 is 21.9 Å². The SMILES string of the molecule is NC(=O)c1c(CC(O)(CNC(=O)c2c(F)cccc2Cl)C(F)(F)F)nn(-c2ccc(F)cc2)c1N. The molecule has 8 nitrogen and oxygen atoms in total. The minimum atomic E-state index is -5.36. The van der Waals surface area contributed by atoms with Crippen LogP contribution in [0.1, 0.15) is 26.4 Å². The number of hydrogen-bond donors (Lipinski definition) is 4. The molecular weight excluding hydrogens is 501 g/mol. The van der Waals surface area contributed by atoms with E-state index >= 15 is 0 Å². The van der Waals surface area contributed by atoms with E-state index in [0.717, 1.165) is 28.9 Å². The molecule has 35 heavy (non-hydrogen) atoms. The number of nitrogens with zero attached hydrogens (tertiary/aromatic N) is 2. The van der Waals surface area contributed by atoms with Crippen LogP contribution >= 0.6 is 11.6 Å². The zero-order chi connectivity index (χ0) is 26.1. The molecule has 0 bridgehead atoms. The highest BCUT2D eigenvalue weighted by molar-refractivity contribution is 6.33. The summed E-state index contributed by atoms with van der Waals surface area (Å²) >= 11 is 5.75. The van der Waals surface area contributed by atoms with Crippen molar-refractivity contribution in [2.45, 2.75) is 18.2 Å². The Hall–Kier alpha value is -3.71. The largest absolute Gasteiger partial charge is 0.419 e. The summed E-state index contributed by atoms with van der Waals surface area (Å²) in [5, 5.41) is 15.8. The van der Waals surface area contributed by atoms with Crippen molar-refractivity contribution in [1.29, 1.82) is 0 Å². The van der Waals surface area contributed by atoms with Crippen LogP contribution in [0.15, 0.2) is 42.5 Å². The van der Waals surface area contributed by atoms with Gasteiger partial charge in [0, 0.05) is 6.42 Å². The summed E-state index contributed by atoms with van der Waals surface area (Å²) in [7, 11) is 0. The number of halogens is 6. The summed E-state index contributed by atoms with van der Waals surface area (Å²) in [6, 6.07) is 7.65. The van der Waals surface area contributed by atoms with Gasteiger partial charge in [-0.2, -0.15) is 18.3 Å². The molecular formula is C21H17ClF5N5O3. The first kappa shape index (κ1) is 25.9. The maximum atomic E-state index is 13.9. The van der Waals surface area contributed by atoms with Crippen molar-refractivity contribution >= 4 is 29.2 Å². The predicted octanol–water partition coefficient (Wildman–Crippen LogP) is 2.75. The summed E-state index contributed by atoms with van der Waals surface area (Å²) in [6.45, 7) is -1.46. The third-order valence-corrected chi connectivity index (χ3v) is 5.34. The lowest BCUT2D eigenvalue weighted by molar-refractivity contribution is -0.257. The van der Waals surface area contributed by atoms with E-state index in [1.807, 2.05) is 0 Å². The second-order valence-electron chi connectivity index (χ2n) is 7.44. The minimum absolute atomic E-state index is 0.0932. The highest BCUT2D eigenvalue weighted by Gasteiger charge is 2.55. The average Bonchev–Trinajstić information content (AvgIpc) is 3.07. The molecule has 0 radical (unpaired) electrons. The summed E-state index contributed by atoms with van der Waals surface area (Å²) in [5.41, 5.74) is 5.56. The topological polar surface area (TPSA) is 136 Å². The molecule has 2 aromatic carbocycles. The van der Waals surface area contributed by atoms with E-state index in [2.05, 4.69) is 5.10 Å². The first-order valence-electron chi connectivity index (χ1n) is 9.69. The molecule has 0 fully saturated rings. The van der Waals surface area contributed by atoms with Crippen molar-refractivity contribution in [2.24, 2.45) is 5.73 Å². The summed E-state index contributed by atoms with van der Waals surface area (Å²) in [4.78, 5) is 24.2. The second-order valence-corrected chi connectivity index (χ2v) is 7.85. The standard InChI is InChI=1S/C21H17ClF5N5O3/c22-12-2-1-3-13(24)15(12)19(34)30-9-20(35,21(25,26)27)8-14-16(18(29)33)17(28)32(31-14)11-6-4-10(23)5-7-11/h1-7,35H,8-9,28H2,(H2,29,33)(H,30,34). The number of aromatic nitrogens is 2. The number of carbonyl (C=O) groups is 2. The van der Waals surface area contributed by atoms with Gasteiger partial charge in [0.05, 0.1) is 28.5 Å². The number of amides is 2. The van der Waals surface area contributed by atoms with E-state index < -0.39 is 70.8 Å². The fourth-order valence-electron chi connectivity index (χ4n) is 3.22. The Labute approximate surface area is 199 Å². The molecule has 0 saturated carbocycles. The normalized spacial score (nSPS) is 13.3. The van der Waals surface area contributed by atoms with Crippen molar-refractivity contribution < 1.29 is 36.6 Å². The van der Waals surface area contributed by atoms with Gasteiger partial charge in [0.25, 0.3) is 11.8 Å². The average molecular weight is 518 g/mol. The number of carbonyl (C=O) groups excluding carboxylic acids is 2. The van der Waals surface area contributed by atoms with Crippen LogP contribution in [0.3, 0.4) is 0 Å². The molecule has 1 aromatic heterocycles. The Bertz CT molecular complexity index is 1260. The Morgan fingerprint density at radius 2 is 1.71 bits per heavy atom. The molecule has 2 amide bonds. The van der Waals surface area contributed by atoms with Gasteiger partial charge in [-0.3, -0.25) is 9.59 Å². The number of benzene rings is 2. The number of aliphatic hydroxyl groups is 1. The second kappa shape index (κ2) is 9.50. The highest BCUT2D eigenvalue weighted by atomic mass is 35.5. The zero-order valence-corrected chi connectivity index (χ0v) is 18.3. The van der Waals surface area contributed by atoms with Crippen LogP contribution in [-0.2, 0) is 6.42 Å². The van der Waals surface area contributed by atoms with E-state index in [4.69, 9.17) is 23.1 Å². The van der Waals surface area contributed by atoms with Gasteiger partial charge in [-0.1, -0.05) is 17.7 Å². The van der Waals surface area contributed by atoms with Crippen molar-refractivity contribution in [3.63, 3.8) is 0 Å². The number of anilines is 1. The van der Waals surface area contributed by atoms with Crippen molar-refractivity contribution in [2.75, 3.05) is 12.3 Å². The monoisotopic (exact) mass is 517 g/mol. The lowest BCUT2D eigenvalue weighted by atomic mass is 9.94. The van der Waals surface area contributed by atoms with E-state index in [1.54, 1.807) is 5.32 Å². The number of hydrogen-bond acceptors (Lipinski definition) is 5. The highest BCUT2D eigenvalue weighted by Crippen LogP contribution is 2.35. The van der Waals surface area contributed by atoms with Crippen molar-refractivity contribution in [1.82, 2.24) is 15.1 Å². The first-order chi connectivity index (χ1) is 16.2. The maximum Gasteiger partial charge on any atom is 0.419 e. The predicted molar refractivity (Wildman–Crippen MR) is 115 cm³/mol. The number of rotatable bonds is 7. The van der Waals surface area contributed by atoms with Gasteiger partial charge >= 0.3 is 6.18 Å². The Morgan fingerprint density at radius 3 is 2.26 bits per heavy atom. The summed E-state index contributed by atoms with van der Waals surface area (Å²) < 4.78 is 69.7. The van der Waals surface area contributed by atoms with Crippen molar-refractivity contribution in [3.05, 3.63) is 75.9 Å². The molecule has 0 aliphatic carbocycles. The molecule has 3 rings (SSSR count). The number of nitrogen functional groups attached to an aromatic ring is 1. The lowest BCUT2D eigenvalue weighted by Gasteiger charge is -2.30. The Balaban J connectivity index is 1.97. The fourth-order valence-corrected chi connectivity index (χ4v) is 3.47. The molecule has 14 heteroatoms.